The number of carboxylic acids is 1. The summed E-state index contributed by atoms with van der Waals surface area (Å²) in [6.07, 6.45) is 6.78. The van der Waals surface area contributed by atoms with Crippen LogP contribution in [0.3, 0.4) is 0 Å². The van der Waals surface area contributed by atoms with E-state index in [-0.39, 0.29) is 60.1 Å². The maximum atomic E-state index is 14.1. The second-order valence-electron chi connectivity index (χ2n) is 7.32. The van der Waals surface area contributed by atoms with Gasteiger partial charge >= 0.3 is 5.97 Å². The Hall–Kier alpha value is 0.694. The quantitative estimate of drug-likeness (QED) is 0.654. The fourth-order valence-corrected chi connectivity index (χ4v) is 5.01. The van der Waals surface area contributed by atoms with Crippen molar-refractivity contribution in [1.29, 1.82) is 0 Å². The predicted octanol–water partition coefficient (Wildman–Crippen LogP) is 4.19. The van der Waals surface area contributed by atoms with E-state index < -0.39 is 24.2 Å². The molecule has 3 aliphatic rings. The minimum Gasteiger partial charge on any atom is -0.481 e. The third-order valence-corrected chi connectivity index (χ3v) is 6.18. The van der Waals surface area contributed by atoms with Crippen LogP contribution in [0.2, 0.25) is 0 Å². The van der Waals surface area contributed by atoms with Gasteiger partial charge in [0.15, 0.2) is 0 Å². The van der Waals surface area contributed by atoms with Gasteiger partial charge in [-0.15, -0.1) is 0 Å². The average molecular weight is 440 g/mol. The Balaban J connectivity index is 0.00000176. The Kier molecular flexibility index (Phi) is 7.08. The minimum atomic E-state index is -1.52. The molecule has 1 N–H and O–H groups in total. The first-order valence-corrected chi connectivity index (χ1v) is 8.39. The molecule has 0 spiro atoms. The molecule has 0 saturated heterocycles. The van der Waals surface area contributed by atoms with Gasteiger partial charge < -0.3 is 11.5 Å². The van der Waals surface area contributed by atoms with E-state index >= 15 is 0 Å². The molecule has 3 aliphatic carbocycles. The molecule has 5 atom stereocenters. The molecule has 3 rings (SSSR count). The fourth-order valence-electron chi connectivity index (χ4n) is 5.01. The molecule has 2 nitrogen and oxygen atoms in total. The normalized spacial score (nSPS) is 45.5. The Morgan fingerprint density at radius 1 is 0.909 bits per heavy atom. The number of aliphatic carboxylic acids is 1. The number of halogens is 2. The zero-order chi connectivity index (χ0) is 15.0. The van der Waals surface area contributed by atoms with E-state index in [9.17, 15) is 13.6 Å². The molecular weight excluding hydrogens is 415 g/mol. The first-order valence-electron chi connectivity index (χ1n) is 8.39. The summed E-state index contributed by atoms with van der Waals surface area (Å²) in [6, 6.07) is 0. The number of rotatable bonds is 2. The number of fused-ring (bicyclic) bond motifs is 1. The van der Waals surface area contributed by atoms with Crippen LogP contribution in [0.1, 0.15) is 51.4 Å². The van der Waals surface area contributed by atoms with Gasteiger partial charge in [0.25, 0.3) is 0 Å². The fraction of sp³-hybridized carbons (Fsp3) is 0.882. The first kappa shape index (κ1) is 19.0. The van der Waals surface area contributed by atoms with Crippen LogP contribution < -0.4 is 0 Å². The molecule has 0 aromatic carbocycles. The van der Waals surface area contributed by atoms with Crippen LogP contribution in [-0.2, 0) is 4.79 Å². The molecule has 22 heavy (non-hydrogen) atoms. The third kappa shape index (κ3) is 4.02. The number of carboxylic acid groups (broad SMARTS) is 1. The topological polar surface area (TPSA) is 37.3 Å². The van der Waals surface area contributed by atoms with E-state index in [1.807, 2.05) is 0 Å². The molecule has 0 amide bonds. The Bertz CT molecular complexity index is 381. The van der Waals surface area contributed by atoms with Crippen LogP contribution in [0.15, 0.2) is 0 Å². The Labute approximate surface area is 164 Å². The van der Waals surface area contributed by atoms with Crippen LogP contribution in [0, 0.1) is 77.3 Å². The van der Waals surface area contributed by atoms with E-state index in [1.54, 1.807) is 0 Å². The van der Waals surface area contributed by atoms with E-state index in [4.69, 9.17) is 5.11 Å². The summed E-state index contributed by atoms with van der Waals surface area (Å²) in [5.74, 6) is -0.815. The van der Waals surface area contributed by atoms with Crippen molar-refractivity contribution in [3.05, 3.63) is 6.42 Å². The van der Waals surface area contributed by atoms with Crippen LogP contribution >= 0.6 is 0 Å². The van der Waals surface area contributed by atoms with Gasteiger partial charge in [0.1, 0.15) is 18.3 Å². The molecule has 0 aromatic rings. The van der Waals surface area contributed by atoms with Gasteiger partial charge in [0.2, 0.25) is 0 Å². The molecule has 5 unspecified atom stereocenters. The molecule has 0 aromatic heterocycles. The van der Waals surface area contributed by atoms with Gasteiger partial charge in [-0.3, -0.25) is 4.79 Å². The summed E-state index contributed by atoms with van der Waals surface area (Å²) in [7, 11) is 0. The van der Waals surface area contributed by atoms with Gasteiger partial charge in [-0.05, 0) is 43.4 Å². The predicted molar refractivity (Wildman–Crippen MR) is 76.1 cm³/mol. The third-order valence-electron chi connectivity index (χ3n) is 6.18. The summed E-state index contributed by atoms with van der Waals surface area (Å²) in [5.41, 5.74) is 0. The van der Waals surface area contributed by atoms with Crippen LogP contribution in [0.5, 0.6) is 0 Å². The summed E-state index contributed by atoms with van der Waals surface area (Å²) >= 11 is 0. The van der Waals surface area contributed by atoms with E-state index in [0.29, 0.717) is 5.92 Å². The van der Waals surface area contributed by atoms with Crippen LogP contribution in [0.25, 0.3) is 0 Å². The summed E-state index contributed by atoms with van der Waals surface area (Å²) in [5, 5.41) is 8.95. The van der Waals surface area contributed by atoms with E-state index in [2.05, 4.69) is 6.42 Å². The molecule has 0 bridgehead atoms. The molecule has 0 heterocycles. The first-order chi connectivity index (χ1) is 10.1. The molecule has 3 fully saturated rings. The van der Waals surface area contributed by atoms with Crippen molar-refractivity contribution < 1.29 is 60.0 Å². The van der Waals surface area contributed by atoms with Gasteiger partial charge in [-0.1, -0.05) is 18.8 Å². The zero-order valence-corrected chi connectivity index (χ0v) is 16.7. The van der Waals surface area contributed by atoms with Gasteiger partial charge in [0, 0.05) is 41.3 Å². The smallest absolute Gasteiger partial charge is 0.312 e. The largest absolute Gasteiger partial charge is 0.481 e. The standard InChI is InChI=1S/C17H25F2O2.Pr/c18-14-8-13(9-15(19)16(14)17(20)21)12-6-5-10-3-1-2-4-11(10)7-12;/h1,10-16H,2-9H2,(H,20,21);/q-1;. The monoisotopic (exact) mass is 440 g/mol. The molecule has 1 radical (unpaired) electrons. The molecule has 0 aliphatic heterocycles. The minimum absolute atomic E-state index is 0. The van der Waals surface area contributed by atoms with Gasteiger partial charge in [0.05, 0.1) is 0 Å². The molecule has 123 valence electrons. The zero-order valence-electron chi connectivity index (χ0n) is 13.0. The van der Waals surface area contributed by atoms with Crippen molar-refractivity contribution in [2.45, 2.75) is 63.7 Å². The summed E-state index contributed by atoms with van der Waals surface area (Å²) < 4.78 is 28.1. The summed E-state index contributed by atoms with van der Waals surface area (Å²) in [4.78, 5) is 11.0. The van der Waals surface area contributed by atoms with E-state index in [1.165, 1.54) is 25.7 Å². The molecule has 3 saturated carbocycles. The van der Waals surface area contributed by atoms with Crippen molar-refractivity contribution in [2.24, 2.45) is 29.6 Å². The molecular formula is C17H25F2O2Pr-. The number of hydrogen-bond donors (Lipinski definition) is 1. The number of alkyl halides is 2. The van der Waals surface area contributed by atoms with Crippen molar-refractivity contribution in [2.75, 3.05) is 0 Å². The Morgan fingerprint density at radius 3 is 2.14 bits per heavy atom. The number of hydrogen-bond acceptors (Lipinski definition) is 1. The summed E-state index contributed by atoms with van der Waals surface area (Å²) in [6.45, 7) is 0. The van der Waals surface area contributed by atoms with Gasteiger partial charge in [-0.25, -0.2) is 8.78 Å². The maximum absolute atomic E-state index is 14.1. The van der Waals surface area contributed by atoms with E-state index in [0.717, 1.165) is 24.7 Å². The van der Waals surface area contributed by atoms with Crippen molar-refractivity contribution in [1.82, 2.24) is 0 Å². The van der Waals surface area contributed by atoms with Crippen LogP contribution in [-0.4, -0.2) is 23.4 Å². The average Bonchev–Trinajstić information content (AvgIpc) is 2.45. The maximum Gasteiger partial charge on any atom is 0.312 e. The second-order valence-corrected chi connectivity index (χ2v) is 7.32. The van der Waals surface area contributed by atoms with Crippen molar-refractivity contribution in [3.63, 3.8) is 0 Å². The molecule has 5 heteroatoms. The SMILES string of the molecule is O=C(O)C1C(F)CC(C2CCC3C[CH-]CCC3C2)CC1F.[Pr]. The van der Waals surface area contributed by atoms with Gasteiger partial charge in [-0.2, -0.15) is 12.8 Å². The van der Waals surface area contributed by atoms with Crippen molar-refractivity contribution in [3.8, 4) is 0 Å². The Morgan fingerprint density at radius 2 is 1.50 bits per heavy atom. The number of carbonyl (C=O) groups is 1. The second kappa shape index (κ2) is 8.18. The van der Waals surface area contributed by atoms with Crippen LogP contribution in [0.4, 0.5) is 8.78 Å². The van der Waals surface area contributed by atoms with Crippen molar-refractivity contribution >= 4 is 5.97 Å².